The van der Waals surface area contributed by atoms with Crippen molar-refractivity contribution in [2.45, 2.75) is 90.5 Å². The molecular weight excluding hydrogens is 353 g/mol. The smallest absolute Gasteiger partial charge is 0.457 e. The minimum atomic E-state index is -0.161. The summed E-state index contributed by atoms with van der Waals surface area (Å²) in [6.07, 6.45) is 5.35. The Kier molecular flexibility index (Phi) is 8.53. The molecular formula is C22H36BNO4. The third kappa shape index (κ3) is 6.61. The lowest BCUT2D eigenvalue weighted by atomic mass is 9.82. The molecule has 2 heterocycles. The van der Waals surface area contributed by atoms with Crippen LogP contribution >= 0.6 is 0 Å². The van der Waals surface area contributed by atoms with Gasteiger partial charge in [0.2, 0.25) is 0 Å². The summed E-state index contributed by atoms with van der Waals surface area (Å²) in [5.41, 5.74) is 0.709. The second-order valence-corrected chi connectivity index (χ2v) is 8.57. The topological polar surface area (TPSA) is 56.8 Å². The van der Waals surface area contributed by atoms with Gasteiger partial charge in [0.25, 0.3) is 0 Å². The van der Waals surface area contributed by atoms with Gasteiger partial charge >= 0.3 is 13.1 Å². The third-order valence-corrected chi connectivity index (χ3v) is 5.66. The standard InChI is InChI=1S/C12H15NO2.C10H21BO2/c14-12(11-7-4-8-13-11)15-9-10-5-2-1-3-6-10;1-6-7-8-11-12-9(2,3)10(4,5)13-11/h1-3,5-6,11,13H,4,7-9H2;6-8H2,1-5H3. The predicted octanol–water partition coefficient (Wildman–Crippen LogP) is 4.36. The number of unbranched alkanes of at least 4 members (excludes halogenated alkanes) is 1. The summed E-state index contributed by atoms with van der Waals surface area (Å²) in [5.74, 6) is -0.128. The van der Waals surface area contributed by atoms with E-state index in [0.717, 1.165) is 31.3 Å². The van der Waals surface area contributed by atoms with E-state index in [1.807, 2.05) is 30.3 Å². The summed E-state index contributed by atoms with van der Waals surface area (Å²) >= 11 is 0. The normalized spacial score (nSPS) is 22.5. The van der Waals surface area contributed by atoms with Crippen molar-refractivity contribution < 1.29 is 18.8 Å². The first-order valence-electron chi connectivity index (χ1n) is 10.5. The van der Waals surface area contributed by atoms with Gasteiger partial charge in [0.15, 0.2) is 0 Å². The number of ether oxygens (including phenoxy) is 1. The highest BCUT2D eigenvalue weighted by atomic mass is 16.7. The molecule has 2 saturated heterocycles. The molecule has 0 aliphatic carbocycles. The minimum Gasteiger partial charge on any atom is -0.460 e. The molecule has 156 valence electrons. The fourth-order valence-electron chi connectivity index (χ4n) is 3.17. The zero-order valence-corrected chi connectivity index (χ0v) is 18.1. The van der Waals surface area contributed by atoms with E-state index in [1.54, 1.807) is 0 Å². The number of benzene rings is 1. The average Bonchev–Trinajstić information content (AvgIpc) is 3.26. The first-order valence-corrected chi connectivity index (χ1v) is 10.5. The fraction of sp³-hybridized carbons (Fsp3) is 0.682. The highest BCUT2D eigenvalue weighted by molar-refractivity contribution is 6.45. The summed E-state index contributed by atoms with van der Waals surface area (Å²) in [7, 11) is 0.00458. The van der Waals surface area contributed by atoms with Gasteiger partial charge in [-0.1, -0.05) is 50.1 Å². The maximum atomic E-state index is 11.5. The zero-order chi connectivity index (χ0) is 20.6. The van der Waals surface area contributed by atoms with Crippen LogP contribution < -0.4 is 5.32 Å². The van der Waals surface area contributed by atoms with Crippen molar-refractivity contribution in [3.05, 3.63) is 35.9 Å². The van der Waals surface area contributed by atoms with Crippen LogP contribution in [0.3, 0.4) is 0 Å². The number of esters is 1. The van der Waals surface area contributed by atoms with Crippen molar-refractivity contribution in [1.29, 1.82) is 0 Å². The molecule has 6 heteroatoms. The van der Waals surface area contributed by atoms with E-state index < -0.39 is 0 Å². The molecule has 2 aliphatic heterocycles. The number of carbonyl (C=O) groups is 1. The number of rotatable bonds is 6. The highest BCUT2D eigenvalue weighted by Crippen LogP contribution is 2.37. The highest BCUT2D eigenvalue weighted by Gasteiger charge is 2.50. The average molecular weight is 389 g/mol. The van der Waals surface area contributed by atoms with Gasteiger partial charge in [-0.3, -0.25) is 4.79 Å². The molecule has 1 N–H and O–H groups in total. The van der Waals surface area contributed by atoms with Crippen molar-refractivity contribution in [2.75, 3.05) is 6.54 Å². The Balaban J connectivity index is 0.000000203. The fourth-order valence-corrected chi connectivity index (χ4v) is 3.17. The van der Waals surface area contributed by atoms with Crippen LogP contribution in [-0.4, -0.2) is 36.9 Å². The van der Waals surface area contributed by atoms with E-state index in [4.69, 9.17) is 14.0 Å². The maximum Gasteiger partial charge on any atom is 0.457 e. The minimum absolute atomic E-state index is 0.00458. The second-order valence-electron chi connectivity index (χ2n) is 8.57. The van der Waals surface area contributed by atoms with Crippen LogP contribution in [0.1, 0.15) is 65.9 Å². The van der Waals surface area contributed by atoms with Crippen LogP contribution in [0.5, 0.6) is 0 Å². The lowest BCUT2D eigenvalue weighted by Crippen LogP contribution is -2.41. The molecule has 0 aromatic heterocycles. The van der Waals surface area contributed by atoms with Gasteiger partial charge in [-0.05, 0) is 59.0 Å². The van der Waals surface area contributed by atoms with E-state index in [-0.39, 0.29) is 30.3 Å². The van der Waals surface area contributed by atoms with Gasteiger partial charge in [-0.15, -0.1) is 0 Å². The lowest BCUT2D eigenvalue weighted by Gasteiger charge is -2.32. The molecule has 2 aliphatic rings. The molecule has 0 amide bonds. The molecule has 0 saturated carbocycles. The molecule has 5 nitrogen and oxygen atoms in total. The van der Waals surface area contributed by atoms with E-state index in [0.29, 0.717) is 6.61 Å². The van der Waals surface area contributed by atoms with Crippen LogP contribution in [0.25, 0.3) is 0 Å². The molecule has 0 bridgehead atoms. The summed E-state index contributed by atoms with van der Waals surface area (Å²) < 4.78 is 16.9. The van der Waals surface area contributed by atoms with Crippen molar-refractivity contribution in [1.82, 2.24) is 5.32 Å². The van der Waals surface area contributed by atoms with Crippen molar-refractivity contribution in [3.63, 3.8) is 0 Å². The van der Waals surface area contributed by atoms with Gasteiger partial charge < -0.3 is 19.4 Å². The van der Waals surface area contributed by atoms with E-state index >= 15 is 0 Å². The summed E-state index contributed by atoms with van der Waals surface area (Å²) in [4.78, 5) is 11.5. The van der Waals surface area contributed by atoms with Crippen molar-refractivity contribution >= 4 is 13.1 Å². The molecule has 0 radical (unpaired) electrons. The Bertz CT molecular complexity index is 584. The Morgan fingerprint density at radius 2 is 1.82 bits per heavy atom. The van der Waals surface area contributed by atoms with Crippen LogP contribution in [0.15, 0.2) is 30.3 Å². The molecule has 3 rings (SSSR count). The maximum absolute atomic E-state index is 11.5. The third-order valence-electron chi connectivity index (χ3n) is 5.66. The lowest BCUT2D eigenvalue weighted by molar-refractivity contribution is -0.147. The summed E-state index contributed by atoms with van der Waals surface area (Å²) in [5, 5.41) is 3.12. The van der Waals surface area contributed by atoms with E-state index in [1.165, 1.54) is 12.8 Å². The number of carbonyl (C=O) groups excluding carboxylic acids is 1. The van der Waals surface area contributed by atoms with Crippen molar-refractivity contribution in [3.8, 4) is 0 Å². The van der Waals surface area contributed by atoms with Gasteiger partial charge in [0, 0.05) is 0 Å². The van der Waals surface area contributed by atoms with Gasteiger partial charge in [-0.25, -0.2) is 0 Å². The Labute approximate surface area is 170 Å². The summed E-state index contributed by atoms with van der Waals surface area (Å²) in [6.45, 7) is 11.9. The van der Waals surface area contributed by atoms with Crippen LogP contribution in [0.4, 0.5) is 0 Å². The molecule has 1 aromatic carbocycles. The van der Waals surface area contributed by atoms with Crippen LogP contribution in [0, 0.1) is 0 Å². The Morgan fingerprint density at radius 1 is 1.18 bits per heavy atom. The monoisotopic (exact) mass is 389 g/mol. The number of nitrogens with one attached hydrogen (secondary N) is 1. The molecule has 1 aromatic rings. The summed E-state index contributed by atoms with van der Waals surface area (Å²) in [6, 6.07) is 9.65. The second kappa shape index (κ2) is 10.4. The Morgan fingerprint density at radius 3 is 2.36 bits per heavy atom. The molecule has 1 atom stereocenters. The quantitative estimate of drug-likeness (QED) is 0.579. The number of hydrogen-bond acceptors (Lipinski definition) is 5. The molecule has 28 heavy (non-hydrogen) atoms. The van der Waals surface area contributed by atoms with Crippen LogP contribution in [0.2, 0.25) is 6.32 Å². The van der Waals surface area contributed by atoms with Crippen molar-refractivity contribution in [2.24, 2.45) is 0 Å². The predicted molar refractivity (Wildman–Crippen MR) is 113 cm³/mol. The van der Waals surface area contributed by atoms with Gasteiger partial charge in [0.1, 0.15) is 12.6 Å². The van der Waals surface area contributed by atoms with E-state index in [9.17, 15) is 4.79 Å². The first kappa shape index (κ1) is 22.9. The first-order chi connectivity index (χ1) is 13.2. The van der Waals surface area contributed by atoms with Crippen LogP contribution in [-0.2, 0) is 25.4 Å². The van der Waals surface area contributed by atoms with Gasteiger partial charge in [0.05, 0.1) is 11.2 Å². The molecule has 1 unspecified atom stereocenters. The Hall–Kier alpha value is -1.37. The SMILES string of the molecule is CCCCB1OC(C)(C)C(C)(C)O1.O=C(OCc1ccccc1)C1CCCN1. The molecule has 0 spiro atoms. The molecule has 2 fully saturated rings. The van der Waals surface area contributed by atoms with Gasteiger partial charge in [-0.2, -0.15) is 0 Å². The largest absolute Gasteiger partial charge is 0.460 e. The number of hydrogen-bond donors (Lipinski definition) is 1. The van der Waals surface area contributed by atoms with E-state index in [2.05, 4.69) is 39.9 Å². The zero-order valence-electron chi connectivity index (χ0n) is 18.1.